The quantitative estimate of drug-likeness (QED) is 0.346. The number of thiocarbonyl (C=S) groups is 1. The van der Waals surface area contributed by atoms with Gasteiger partial charge in [0.05, 0.1) is 5.97 Å². The van der Waals surface area contributed by atoms with Gasteiger partial charge in [-0.25, -0.2) is 0 Å². The molecule has 28 heavy (non-hydrogen) atoms. The zero-order valence-corrected chi connectivity index (χ0v) is 17.7. The van der Waals surface area contributed by atoms with E-state index >= 15 is 0 Å². The van der Waals surface area contributed by atoms with Crippen LogP contribution in [0.1, 0.15) is 20.7 Å². The Balaban J connectivity index is 2.06. The first-order chi connectivity index (χ1) is 13.1. The number of rotatable bonds is 5. The molecule has 0 saturated carbocycles. The van der Waals surface area contributed by atoms with E-state index in [1.165, 1.54) is 30.3 Å². The number of benzene rings is 2. The second kappa shape index (κ2) is 9.62. The molecule has 0 aromatic heterocycles. The fourth-order valence-electron chi connectivity index (χ4n) is 2.03. The van der Waals surface area contributed by atoms with Crippen molar-refractivity contribution in [1.82, 2.24) is 10.6 Å². The number of anilines is 1. The molecule has 2 aromatic rings. The summed E-state index contributed by atoms with van der Waals surface area (Å²) in [6.07, 6.45) is -1.17. The van der Waals surface area contributed by atoms with Crippen LogP contribution in [0.2, 0.25) is 5.02 Å². The largest absolute Gasteiger partial charge is 0.545 e. The molecule has 0 aliphatic heterocycles. The lowest BCUT2D eigenvalue weighted by molar-refractivity contribution is -0.255. The van der Waals surface area contributed by atoms with Crippen LogP contribution in [0.15, 0.2) is 48.5 Å². The molecule has 2 rings (SSSR count). The van der Waals surface area contributed by atoms with Crippen molar-refractivity contribution in [3.63, 3.8) is 0 Å². The summed E-state index contributed by atoms with van der Waals surface area (Å²) in [5.74, 6) is -1.83. The first-order valence-electron chi connectivity index (χ1n) is 7.58. The topological polar surface area (TPSA) is 93.3 Å². The average Bonchev–Trinajstić information content (AvgIpc) is 2.60. The van der Waals surface area contributed by atoms with E-state index in [4.69, 9.17) is 58.6 Å². The Kier molecular flexibility index (Phi) is 7.74. The first-order valence-corrected chi connectivity index (χ1v) is 9.50. The van der Waals surface area contributed by atoms with Crippen LogP contribution in [-0.2, 0) is 0 Å². The molecule has 1 atom stereocenters. The summed E-state index contributed by atoms with van der Waals surface area (Å²) in [6, 6.07) is 11.9. The van der Waals surface area contributed by atoms with Crippen molar-refractivity contribution < 1.29 is 14.7 Å². The number of carbonyl (C=O) groups is 2. The molecule has 0 radical (unpaired) electrons. The van der Waals surface area contributed by atoms with Gasteiger partial charge in [-0.15, -0.1) is 0 Å². The van der Waals surface area contributed by atoms with E-state index in [9.17, 15) is 14.7 Å². The van der Waals surface area contributed by atoms with Crippen molar-refractivity contribution in [3.05, 3.63) is 64.7 Å². The molecule has 0 saturated heterocycles. The molecule has 0 aliphatic rings. The summed E-state index contributed by atoms with van der Waals surface area (Å²) < 4.78 is -1.93. The number of carboxylic acids is 1. The summed E-state index contributed by atoms with van der Waals surface area (Å²) >= 11 is 28.8. The van der Waals surface area contributed by atoms with Gasteiger partial charge in [0.2, 0.25) is 3.79 Å². The number of aromatic carboxylic acids is 1. The molecule has 1 unspecified atom stereocenters. The van der Waals surface area contributed by atoms with E-state index in [1.807, 2.05) is 0 Å². The Labute approximate surface area is 186 Å². The third-order valence-corrected chi connectivity index (χ3v) is 4.45. The zero-order valence-electron chi connectivity index (χ0n) is 13.8. The van der Waals surface area contributed by atoms with Crippen molar-refractivity contribution >= 4 is 81.3 Å². The van der Waals surface area contributed by atoms with Crippen molar-refractivity contribution in [1.29, 1.82) is 0 Å². The third kappa shape index (κ3) is 6.68. The Morgan fingerprint density at radius 3 is 2.18 bits per heavy atom. The average molecular weight is 480 g/mol. The standard InChI is InChI=1S/C17H13Cl4N3O3S/c18-11-3-1-2-10(8-11)13(25)23-15(17(19,20)21)24-16(28)22-12-6-4-9(5-7-12)14(26)27/h1-8,15H,(H,23,25)(H,26,27)(H2,22,24,28)/p-1. The van der Waals surface area contributed by atoms with E-state index in [2.05, 4.69) is 16.0 Å². The molecule has 11 heteroatoms. The summed E-state index contributed by atoms with van der Waals surface area (Å²) in [5, 5.41) is 19.2. The highest BCUT2D eigenvalue weighted by molar-refractivity contribution is 7.80. The molecule has 0 spiro atoms. The molecule has 148 valence electrons. The smallest absolute Gasteiger partial charge is 0.253 e. The van der Waals surface area contributed by atoms with Gasteiger partial charge in [-0.05, 0) is 48.1 Å². The van der Waals surface area contributed by atoms with E-state index in [0.717, 1.165) is 0 Å². The Bertz CT molecular complexity index is 888. The van der Waals surface area contributed by atoms with Gasteiger partial charge in [-0.2, -0.15) is 0 Å². The van der Waals surface area contributed by atoms with E-state index in [0.29, 0.717) is 10.7 Å². The molecule has 2 aromatic carbocycles. The lowest BCUT2D eigenvalue weighted by Crippen LogP contribution is -2.56. The minimum Gasteiger partial charge on any atom is -0.545 e. The third-order valence-electron chi connectivity index (χ3n) is 3.34. The number of nitrogens with one attached hydrogen (secondary N) is 3. The van der Waals surface area contributed by atoms with Crippen LogP contribution in [0.3, 0.4) is 0 Å². The molecular weight excluding hydrogens is 468 g/mol. The van der Waals surface area contributed by atoms with Gasteiger partial charge in [0.1, 0.15) is 6.17 Å². The minimum absolute atomic E-state index is 0.0115. The fourth-order valence-corrected chi connectivity index (χ4v) is 2.79. The van der Waals surface area contributed by atoms with Gasteiger partial charge >= 0.3 is 0 Å². The van der Waals surface area contributed by atoms with Gasteiger partial charge in [0.15, 0.2) is 5.11 Å². The van der Waals surface area contributed by atoms with Crippen LogP contribution < -0.4 is 21.1 Å². The monoisotopic (exact) mass is 478 g/mol. The van der Waals surface area contributed by atoms with Gasteiger partial charge in [0, 0.05) is 16.3 Å². The summed E-state index contributed by atoms with van der Waals surface area (Å²) in [4.78, 5) is 23.2. The van der Waals surface area contributed by atoms with Crippen LogP contribution in [0.5, 0.6) is 0 Å². The summed E-state index contributed by atoms with van der Waals surface area (Å²) in [7, 11) is 0. The predicted molar refractivity (Wildman–Crippen MR) is 113 cm³/mol. The van der Waals surface area contributed by atoms with Gasteiger partial charge in [-0.3, -0.25) is 4.79 Å². The number of amides is 1. The molecule has 1 amide bonds. The number of carbonyl (C=O) groups excluding carboxylic acids is 2. The molecule has 0 bridgehead atoms. The van der Waals surface area contributed by atoms with Crippen LogP contribution >= 0.6 is 58.6 Å². The van der Waals surface area contributed by atoms with E-state index in [-0.39, 0.29) is 16.2 Å². The zero-order chi connectivity index (χ0) is 20.9. The van der Waals surface area contributed by atoms with Crippen LogP contribution in [-0.4, -0.2) is 26.9 Å². The van der Waals surface area contributed by atoms with Crippen LogP contribution in [0.4, 0.5) is 5.69 Å². The second-order valence-corrected chi connectivity index (χ2v) is 8.64. The maximum atomic E-state index is 12.4. The van der Waals surface area contributed by atoms with Crippen molar-refractivity contribution in [2.45, 2.75) is 9.96 Å². The number of halogens is 4. The van der Waals surface area contributed by atoms with Crippen molar-refractivity contribution in [3.8, 4) is 0 Å². The van der Waals surface area contributed by atoms with Gasteiger partial charge in [-0.1, -0.05) is 64.6 Å². The number of alkyl halides is 3. The Morgan fingerprint density at radius 2 is 1.64 bits per heavy atom. The molecule has 0 fully saturated rings. The van der Waals surface area contributed by atoms with E-state index < -0.39 is 21.8 Å². The highest BCUT2D eigenvalue weighted by Crippen LogP contribution is 2.29. The Morgan fingerprint density at radius 1 is 1.00 bits per heavy atom. The second-order valence-electron chi connectivity index (χ2n) is 5.42. The summed E-state index contributed by atoms with van der Waals surface area (Å²) in [5.41, 5.74) is 0.759. The highest BCUT2D eigenvalue weighted by Gasteiger charge is 2.34. The lowest BCUT2D eigenvalue weighted by Gasteiger charge is -2.27. The normalized spacial score (nSPS) is 12.0. The number of hydrogen-bond acceptors (Lipinski definition) is 4. The molecular formula is C17H12Cl4N3O3S-. The fraction of sp³-hybridized carbons (Fsp3) is 0.118. The van der Waals surface area contributed by atoms with Crippen LogP contribution in [0, 0.1) is 0 Å². The highest BCUT2D eigenvalue weighted by atomic mass is 35.6. The van der Waals surface area contributed by atoms with Gasteiger partial charge < -0.3 is 25.9 Å². The Hall–Kier alpha value is -1.77. The number of hydrogen-bond donors (Lipinski definition) is 3. The lowest BCUT2D eigenvalue weighted by atomic mass is 10.2. The maximum Gasteiger partial charge on any atom is 0.253 e. The molecule has 0 heterocycles. The van der Waals surface area contributed by atoms with Crippen LogP contribution in [0.25, 0.3) is 0 Å². The van der Waals surface area contributed by atoms with Gasteiger partial charge in [0.25, 0.3) is 5.91 Å². The van der Waals surface area contributed by atoms with E-state index in [1.54, 1.807) is 18.2 Å². The molecule has 0 aliphatic carbocycles. The number of carboxylic acid groups (broad SMARTS) is 1. The molecule has 3 N–H and O–H groups in total. The predicted octanol–water partition coefficient (Wildman–Crippen LogP) is 3.12. The maximum absolute atomic E-state index is 12.4. The van der Waals surface area contributed by atoms with Crippen molar-refractivity contribution in [2.75, 3.05) is 5.32 Å². The first kappa shape index (κ1) is 22.5. The molecule has 6 nitrogen and oxygen atoms in total. The SMILES string of the molecule is O=C([O-])c1ccc(NC(=S)NC(NC(=O)c2cccc(Cl)c2)C(Cl)(Cl)Cl)cc1. The minimum atomic E-state index is -1.93. The van der Waals surface area contributed by atoms with Crippen molar-refractivity contribution in [2.24, 2.45) is 0 Å². The summed E-state index contributed by atoms with van der Waals surface area (Å²) in [6.45, 7) is 0.